The number of likely N-dealkylation sites (N-methyl/N-ethyl adjacent to an activating group) is 1. The Labute approximate surface area is 122 Å². The van der Waals surface area contributed by atoms with Crippen LogP contribution < -0.4 is 10.6 Å². The van der Waals surface area contributed by atoms with E-state index in [2.05, 4.69) is 10.1 Å². The number of nitrogens with zero attached hydrogens (tertiary/aromatic N) is 3. The lowest BCUT2D eigenvalue weighted by Crippen LogP contribution is -2.26. The molecule has 1 heterocycles. The molecule has 110 valence electrons. The predicted octanol–water partition coefficient (Wildman–Crippen LogP) is 1.99. The van der Waals surface area contributed by atoms with Crippen LogP contribution in [0.2, 0.25) is 0 Å². The van der Waals surface area contributed by atoms with Gasteiger partial charge in [-0.1, -0.05) is 11.2 Å². The van der Waals surface area contributed by atoms with Gasteiger partial charge in [0, 0.05) is 26.0 Å². The van der Waals surface area contributed by atoms with Crippen LogP contribution in [-0.2, 0) is 6.42 Å². The molecular weight excluding hydrogens is 271 g/mol. The van der Waals surface area contributed by atoms with Gasteiger partial charge in [-0.15, -0.1) is 0 Å². The van der Waals surface area contributed by atoms with Crippen molar-refractivity contribution < 1.29 is 9.60 Å². The Morgan fingerprint density at radius 3 is 2.71 bits per heavy atom. The quantitative estimate of drug-likeness (QED) is 0.382. The van der Waals surface area contributed by atoms with E-state index >= 15 is 0 Å². The Kier molecular flexibility index (Phi) is 4.71. The van der Waals surface area contributed by atoms with Gasteiger partial charge in [0.15, 0.2) is 5.84 Å². The molecule has 0 spiro atoms. The van der Waals surface area contributed by atoms with Crippen molar-refractivity contribution in [3.05, 3.63) is 59.7 Å². The third-order valence-corrected chi connectivity index (χ3v) is 3.25. The summed E-state index contributed by atoms with van der Waals surface area (Å²) in [5, 5.41) is 11.7. The van der Waals surface area contributed by atoms with Gasteiger partial charge >= 0.3 is 0 Å². The van der Waals surface area contributed by atoms with E-state index < -0.39 is 5.82 Å². The van der Waals surface area contributed by atoms with Crippen LogP contribution in [0.4, 0.5) is 10.1 Å². The molecular formula is C15H17FN4O. The molecule has 6 heteroatoms. The standard InChI is InChI=1S/C15H17FN4O/c1-20(10-7-11-5-8-18-9-6-11)13-4-2-3-12(16)14(13)15(17)19-21/h2-6,8-9,21H,7,10H2,1H3,(H2,17,19). The minimum Gasteiger partial charge on any atom is -0.409 e. The summed E-state index contributed by atoms with van der Waals surface area (Å²) in [6.07, 6.45) is 4.25. The number of hydrogen-bond donors (Lipinski definition) is 2. The highest BCUT2D eigenvalue weighted by Crippen LogP contribution is 2.22. The van der Waals surface area contributed by atoms with Crippen LogP contribution >= 0.6 is 0 Å². The Morgan fingerprint density at radius 1 is 1.33 bits per heavy atom. The molecule has 1 aromatic heterocycles. The molecule has 0 aliphatic rings. The van der Waals surface area contributed by atoms with Crippen LogP contribution in [0.3, 0.4) is 0 Å². The maximum absolute atomic E-state index is 13.9. The van der Waals surface area contributed by atoms with Crippen LogP contribution in [0.1, 0.15) is 11.1 Å². The zero-order valence-electron chi connectivity index (χ0n) is 11.7. The van der Waals surface area contributed by atoms with Gasteiger partial charge in [0.1, 0.15) is 5.82 Å². The molecule has 0 atom stereocenters. The van der Waals surface area contributed by atoms with Crippen LogP contribution in [0, 0.1) is 5.82 Å². The lowest BCUT2D eigenvalue weighted by Gasteiger charge is -2.22. The van der Waals surface area contributed by atoms with E-state index in [1.54, 1.807) is 24.5 Å². The molecule has 21 heavy (non-hydrogen) atoms. The maximum Gasteiger partial charge on any atom is 0.175 e. The topological polar surface area (TPSA) is 74.7 Å². The number of oxime groups is 1. The smallest absolute Gasteiger partial charge is 0.175 e. The van der Waals surface area contributed by atoms with Crippen molar-refractivity contribution in [1.29, 1.82) is 0 Å². The van der Waals surface area contributed by atoms with Gasteiger partial charge in [-0.3, -0.25) is 4.98 Å². The van der Waals surface area contributed by atoms with Crippen molar-refractivity contribution in [3.63, 3.8) is 0 Å². The van der Waals surface area contributed by atoms with Crippen molar-refractivity contribution in [1.82, 2.24) is 4.98 Å². The lowest BCUT2D eigenvalue weighted by molar-refractivity contribution is 0.318. The summed E-state index contributed by atoms with van der Waals surface area (Å²) in [4.78, 5) is 5.84. The molecule has 1 aromatic carbocycles. The van der Waals surface area contributed by atoms with E-state index in [1.807, 2.05) is 24.1 Å². The molecule has 0 saturated heterocycles. The second-order valence-electron chi connectivity index (χ2n) is 4.65. The van der Waals surface area contributed by atoms with Gasteiger partial charge in [0.05, 0.1) is 11.3 Å². The van der Waals surface area contributed by atoms with E-state index in [1.165, 1.54) is 6.07 Å². The van der Waals surface area contributed by atoms with Gasteiger partial charge in [-0.2, -0.15) is 0 Å². The van der Waals surface area contributed by atoms with Crippen LogP contribution in [0.25, 0.3) is 0 Å². The molecule has 0 fully saturated rings. The van der Waals surface area contributed by atoms with Crippen molar-refractivity contribution in [3.8, 4) is 0 Å². The molecule has 2 aromatic rings. The fourth-order valence-corrected chi connectivity index (χ4v) is 2.10. The first-order valence-electron chi connectivity index (χ1n) is 6.50. The number of amidine groups is 1. The Morgan fingerprint density at radius 2 is 2.05 bits per heavy atom. The van der Waals surface area contributed by atoms with Crippen LogP contribution in [-0.4, -0.2) is 29.6 Å². The van der Waals surface area contributed by atoms with E-state index in [0.717, 1.165) is 12.0 Å². The third kappa shape index (κ3) is 3.47. The average molecular weight is 288 g/mol. The van der Waals surface area contributed by atoms with Crippen molar-refractivity contribution in [2.45, 2.75) is 6.42 Å². The average Bonchev–Trinajstić information content (AvgIpc) is 2.52. The number of benzene rings is 1. The summed E-state index contributed by atoms with van der Waals surface area (Å²) >= 11 is 0. The highest BCUT2D eigenvalue weighted by molar-refractivity contribution is 6.02. The summed E-state index contributed by atoms with van der Waals surface area (Å²) < 4.78 is 13.9. The van der Waals surface area contributed by atoms with Gasteiger partial charge in [0.2, 0.25) is 0 Å². The second kappa shape index (κ2) is 6.69. The highest BCUT2D eigenvalue weighted by atomic mass is 19.1. The Hall–Kier alpha value is -2.63. The molecule has 2 rings (SSSR count). The first kappa shape index (κ1) is 14.8. The lowest BCUT2D eigenvalue weighted by atomic mass is 10.1. The van der Waals surface area contributed by atoms with Gasteiger partial charge in [0.25, 0.3) is 0 Å². The number of halogens is 1. The normalized spacial score (nSPS) is 11.4. The maximum atomic E-state index is 13.9. The number of aromatic nitrogens is 1. The monoisotopic (exact) mass is 288 g/mol. The molecule has 0 unspecified atom stereocenters. The zero-order chi connectivity index (χ0) is 15.2. The van der Waals surface area contributed by atoms with Crippen molar-refractivity contribution in [2.75, 3.05) is 18.5 Å². The summed E-state index contributed by atoms with van der Waals surface area (Å²) in [5.41, 5.74) is 7.39. The minimum absolute atomic E-state index is 0.109. The van der Waals surface area contributed by atoms with Crippen LogP contribution in [0.5, 0.6) is 0 Å². The molecule has 0 radical (unpaired) electrons. The van der Waals surface area contributed by atoms with E-state index in [0.29, 0.717) is 12.2 Å². The third-order valence-electron chi connectivity index (χ3n) is 3.25. The first-order chi connectivity index (χ1) is 10.1. The largest absolute Gasteiger partial charge is 0.409 e. The summed E-state index contributed by atoms with van der Waals surface area (Å²) in [7, 11) is 1.84. The molecule has 0 aliphatic carbocycles. The summed E-state index contributed by atoms with van der Waals surface area (Å²) in [6.45, 7) is 0.666. The molecule has 0 amide bonds. The highest BCUT2D eigenvalue weighted by Gasteiger charge is 2.15. The second-order valence-corrected chi connectivity index (χ2v) is 4.65. The van der Waals surface area contributed by atoms with Gasteiger partial charge in [-0.25, -0.2) is 4.39 Å². The molecule has 0 saturated carbocycles. The molecule has 0 aliphatic heterocycles. The van der Waals surface area contributed by atoms with Gasteiger partial charge < -0.3 is 15.8 Å². The SMILES string of the molecule is CN(CCc1ccncc1)c1cccc(F)c1C(N)=NO. The van der Waals surface area contributed by atoms with E-state index in [4.69, 9.17) is 10.9 Å². The fraction of sp³-hybridized carbons (Fsp3) is 0.200. The number of nitrogens with two attached hydrogens (primary N) is 1. The fourth-order valence-electron chi connectivity index (χ4n) is 2.10. The summed E-state index contributed by atoms with van der Waals surface area (Å²) in [5.74, 6) is -0.752. The number of anilines is 1. The molecule has 5 nitrogen and oxygen atoms in total. The molecule has 3 N–H and O–H groups in total. The van der Waals surface area contributed by atoms with E-state index in [9.17, 15) is 4.39 Å². The predicted molar refractivity (Wildman–Crippen MR) is 80.1 cm³/mol. The van der Waals surface area contributed by atoms with Crippen LogP contribution in [0.15, 0.2) is 47.9 Å². The summed E-state index contributed by atoms with van der Waals surface area (Å²) in [6, 6.07) is 8.49. The van der Waals surface area contributed by atoms with Crippen molar-refractivity contribution in [2.24, 2.45) is 10.9 Å². The van der Waals surface area contributed by atoms with Crippen molar-refractivity contribution >= 4 is 11.5 Å². The number of rotatable bonds is 5. The number of pyridine rings is 1. The van der Waals surface area contributed by atoms with Gasteiger partial charge in [-0.05, 0) is 36.2 Å². The Balaban J connectivity index is 2.19. The molecule has 0 bridgehead atoms. The number of hydrogen-bond acceptors (Lipinski definition) is 4. The zero-order valence-corrected chi connectivity index (χ0v) is 11.7. The first-order valence-corrected chi connectivity index (χ1v) is 6.50. The Bertz CT molecular complexity index is 631. The van der Waals surface area contributed by atoms with E-state index in [-0.39, 0.29) is 11.4 Å². The minimum atomic E-state index is -0.515.